The minimum absolute atomic E-state index is 0.592. The maximum atomic E-state index is 6.32. The zero-order valence-electron chi connectivity index (χ0n) is 19.8. The fourth-order valence-corrected chi connectivity index (χ4v) is 5.06. The van der Waals surface area contributed by atoms with E-state index in [0.717, 1.165) is 27.5 Å². The molecule has 0 bridgehead atoms. The number of aromatic nitrogens is 3. The van der Waals surface area contributed by atoms with Crippen molar-refractivity contribution < 1.29 is 0 Å². The highest BCUT2D eigenvalue weighted by atomic mass is 35.5. The zero-order valence-corrected chi connectivity index (χ0v) is 20.5. The number of hydrogen-bond donors (Lipinski definition) is 0. The maximum absolute atomic E-state index is 6.32. The van der Waals surface area contributed by atoms with E-state index in [1.807, 2.05) is 36.4 Å². The Labute approximate surface area is 219 Å². The summed E-state index contributed by atoms with van der Waals surface area (Å²) in [5.74, 6) is 1.85. The number of rotatable bonds is 3. The van der Waals surface area contributed by atoms with Crippen LogP contribution in [0.4, 0.5) is 0 Å². The molecule has 0 atom stereocenters. The van der Waals surface area contributed by atoms with E-state index in [9.17, 15) is 0 Å². The van der Waals surface area contributed by atoms with Crippen LogP contribution in [0.15, 0.2) is 121 Å². The van der Waals surface area contributed by atoms with Crippen LogP contribution in [0.1, 0.15) is 0 Å². The SMILES string of the molecule is Clc1cccc(-c2nc(-c3ccc4ccccc4c3)nc(-c3ccc4c(ccc5ccccc54)c3)n2)c1. The lowest BCUT2D eigenvalue weighted by atomic mass is 10.00. The molecule has 3 nitrogen and oxygen atoms in total. The summed E-state index contributed by atoms with van der Waals surface area (Å²) in [5, 5.41) is 7.78. The van der Waals surface area contributed by atoms with Gasteiger partial charge in [0, 0.05) is 21.7 Å². The summed E-state index contributed by atoms with van der Waals surface area (Å²) in [6.07, 6.45) is 0. The maximum Gasteiger partial charge on any atom is 0.164 e. The van der Waals surface area contributed by atoms with Gasteiger partial charge in [0.2, 0.25) is 0 Å². The highest BCUT2D eigenvalue weighted by Gasteiger charge is 2.14. The summed E-state index contributed by atoms with van der Waals surface area (Å²) in [6, 6.07) is 41.4. The number of hydrogen-bond acceptors (Lipinski definition) is 3. The molecular weight excluding hydrogens is 474 g/mol. The molecule has 0 aliphatic carbocycles. The van der Waals surface area contributed by atoms with Crippen LogP contribution in [-0.2, 0) is 0 Å². The van der Waals surface area contributed by atoms with E-state index >= 15 is 0 Å². The van der Waals surface area contributed by atoms with Gasteiger partial charge in [0.25, 0.3) is 0 Å². The van der Waals surface area contributed by atoms with E-state index in [-0.39, 0.29) is 0 Å². The average molecular weight is 494 g/mol. The van der Waals surface area contributed by atoms with Gasteiger partial charge in [-0.3, -0.25) is 0 Å². The molecule has 174 valence electrons. The predicted molar refractivity (Wildman–Crippen MR) is 154 cm³/mol. The molecule has 0 saturated carbocycles. The van der Waals surface area contributed by atoms with Crippen molar-refractivity contribution in [2.24, 2.45) is 0 Å². The summed E-state index contributed by atoms with van der Waals surface area (Å²) in [6.45, 7) is 0. The summed E-state index contributed by atoms with van der Waals surface area (Å²) in [7, 11) is 0. The molecule has 37 heavy (non-hydrogen) atoms. The molecule has 0 radical (unpaired) electrons. The van der Waals surface area contributed by atoms with Gasteiger partial charge in [-0.15, -0.1) is 0 Å². The first kappa shape index (κ1) is 21.7. The number of nitrogens with zero attached hydrogens (tertiary/aromatic N) is 3. The van der Waals surface area contributed by atoms with Gasteiger partial charge < -0.3 is 0 Å². The molecule has 0 N–H and O–H groups in total. The second kappa shape index (κ2) is 8.81. The third kappa shape index (κ3) is 4.00. The molecule has 0 fully saturated rings. The van der Waals surface area contributed by atoms with Crippen LogP contribution in [0.3, 0.4) is 0 Å². The molecule has 1 aromatic heterocycles. The van der Waals surface area contributed by atoms with Crippen molar-refractivity contribution in [1.82, 2.24) is 15.0 Å². The van der Waals surface area contributed by atoms with E-state index in [4.69, 9.17) is 26.6 Å². The van der Waals surface area contributed by atoms with E-state index in [0.29, 0.717) is 22.5 Å². The van der Waals surface area contributed by atoms with Crippen molar-refractivity contribution in [3.05, 3.63) is 126 Å². The fourth-order valence-electron chi connectivity index (χ4n) is 4.87. The van der Waals surface area contributed by atoms with E-state index in [1.54, 1.807) is 0 Å². The Kier molecular flexibility index (Phi) is 5.16. The van der Waals surface area contributed by atoms with Gasteiger partial charge in [-0.1, -0.05) is 109 Å². The number of benzene rings is 6. The molecule has 4 heteroatoms. The normalized spacial score (nSPS) is 11.4. The van der Waals surface area contributed by atoms with Crippen LogP contribution in [-0.4, -0.2) is 15.0 Å². The summed E-state index contributed by atoms with van der Waals surface area (Å²) in [4.78, 5) is 14.7. The summed E-state index contributed by atoms with van der Waals surface area (Å²) in [5.41, 5.74) is 2.73. The smallest absolute Gasteiger partial charge is 0.164 e. The largest absolute Gasteiger partial charge is 0.208 e. The molecule has 0 saturated heterocycles. The highest BCUT2D eigenvalue weighted by Crippen LogP contribution is 2.31. The van der Waals surface area contributed by atoms with Gasteiger partial charge in [-0.2, -0.15) is 0 Å². The van der Waals surface area contributed by atoms with E-state index in [2.05, 4.69) is 84.9 Å². The number of halogens is 1. The topological polar surface area (TPSA) is 38.7 Å². The van der Waals surface area contributed by atoms with Crippen LogP contribution in [0, 0.1) is 0 Å². The van der Waals surface area contributed by atoms with Crippen molar-refractivity contribution >= 4 is 43.9 Å². The minimum atomic E-state index is 0.592. The molecule has 0 unspecified atom stereocenters. The third-order valence-corrected chi connectivity index (χ3v) is 6.96. The summed E-state index contributed by atoms with van der Waals surface area (Å²) >= 11 is 6.32. The first-order chi connectivity index (χ1) is 18.2. The van der Waals surface area contributed by atoms with Crippen molar-refractivity contribution in [2.75, 3.05) is 0 Å². The van der Waals surface area contributed by atoms with Gasteiger partial charge >= 0.3 is 0 Å². The molecule has 7 aromatic rings. The van der Waals surface area contributed by atoms with Crippen LogP contribution < -0.4 is 0 Å². The Morgan fingerprint density at radius 2 is 0.919 bits per heavy atom. The Morgan fingerprint density at radius 1 is 0.378 bits per heavy atom. The molecule has 7 rings (SSSR count). The first-order valence-corrected chi connectivity index (χ1v) is 12.5. The van der Waals surface area contributed by atoms with E-state index in [1.165, 1.54) is 21.5 Å². The molecule has 6 aromatic carbocycles. The average Bonchev–Trinajstić information content (AvgIpc) is 2.96. The summed E-state index contributed by atoms with van der Waals surface area (Å²) < 4.78 is 0. The Morgan fingerprint density at radius 3 is 1.68 bits per heavy atom. The molecule has 0 aliphatic rings. The van der Waals surface area contributed by atoms with Crippen molar-refractivity contribution in [3.8, 4) is 34.2 Å². The quantitative estimate of drug-likeness (QED) is 0.230. The minimum Gasteiger partial charge on any atom is -0.208 e. The van der Waals surface area contributed by atoms with Gasteiger partial charge in [0.1, 0.15) is 0 Å². The van der Waals surface area contributed by atoms with Crippen molar-refractivity contribution in [2.45, 2.75) is 0 Å². The predicted octanol–water partition coefficient (Wildman–Crippen LogP) is 8.99. The van der Waals surface area contributed by atoms with Crippen molar-refractivity contribution in [3.63, 3.8) is 0 Å². The van der Waals surface area contributed by atoms with Gasteiger partial charge in [0.05, 0.1) is 0 Å². The molecular formula is C33H20ClN3. The molecule has 0 amide bonds. The van der Waals surface area contributed by atoms with Crippen LogP contribution in [0.5, 0.6) is 0 Å². The van der Waals surface area contributed by atoms with Gasteiger partial charge in [0.15, 0.2) is 17.5 Å². The van der Waals surface area contributed by atoms with Crippen molar-refractivity contribution in [1.29, 1.82) is 0 Å². The Bertz CT molecular complexity index is 1960. The van der Waals surface area contributed by atoms with Gasteiger partial charge in [-0.25, -0.2) is 15.0 Å². The molecule has 1 heterocycles. The second-order valence-corrected chi connectivity index (χ2v) is 9.54. The van der Waals surface area contributed by atoms with Gasteiger partial charge in [-0.05, 0) is 56.6 Å². The Balaban J connectivity index is 1.43. The highest BCUT2D eigenvalue weighted by molar-refractivity contribution is 6.30. The second-order valence-electron chi connectivity index (χ2n) is 9.10. The first-order valence-electron chi connectivity index (χ1n) is 12.1. The zero-order chi connectivity index (χ0) is 24.8. The van der Waals surface area contributed by atoms with E-state index < -0.39 is 0 Å². The molecule has 0 aliphatic heterocycles. The standard InChI is InChI=1S/C33H20ClN3/c34-28-10-5-9-25(20-28)31-35-32(26-15-12-21-6-1-2-8-23(21)18-26)37-33(36-31)27-16-17-30-24(19-27)14-13-22-7-3-4-11-29(22)30/h1-20H. The number of fused-ring (bicyclic) bond motifs is 4. The Hall–Kier alpha value is -4.60. The lowest BCUT2D eigenvalue weighted by Gasteiger charge is -2.10. The lowest BCUT2D eigenvalue weighted by Crippen LogP contribution is -2.00. The lowest BCUT2D eigenvalue weighted by molar-refractivity contribution is 1.08. The molecule has 0 spiro atoms. The van der Waals surface area contributed by atoms with Crippen LogP contribution in [0.25, 0.3) is 66.5 Å². The van der Waals surface area contributed by atoms with Crippen LogP contribution in [0.2, 0.25) is 5.02 Å². The van der Waals surface area contributed by atoms with Crippen LogP contribution >= 0.6 is 11.6 Å². The third-order valence-electron chi connectivity index (χ3n) is 6.73. The fraction of sp³-hybridized carbons (Fsp3) is 0. The monoisotopic (exact) mass is 493 g/mol.